The molecule has 0 aliphatic rings. The lowest BCUT2D eigenvalue weighted by molar-refractivity contribution is -0.383. The van der Waals surface area contributed by atoms with Crippen molar-refractivity contribution in [1.29, 1.82) is 0 Å². The van der Waals surface area contributed by atoms with Gasteiger partial charge in [0, 0.05) is 17.2 Å². The van der Waals surface area contributed by atoms with Crippen molar-refractivity contribution >= 4 is 40.9 Å². The van der Waals surface area contributed by atoms with Gasteiger partial charge in [-0.25, -0.2) is 4.79 Å². The molecule has 9 heteroatoms. The topological polar surface area (TPSA) is 108 Å². The number of carbonyl (C=O) groups is 2. The van der Waals surface area contributed by atoms with Crippen LogP contribution in [-0.4, -0.2) is 30.5 Å². The minimum Gasteiger partial charge on any atom is -0.497 e. The monoisotopic (exact) mass is 390 g/mol. The third-order valence-corrected chi connectivity index (χ3v) is 3.54. The van der Waals surface area contributed by atoms with E-state index in [0.29, 0.717) is 5.75 Å². The number of benzene rings is 2. The highest BCUT2D eigenvalue weighted by atomic mass is 35.5. The zero-order valence-corrected chi connectivity index (χ0v) is 14.9. The summed E-state index contributed by atoms with van der Waals surface area (Å²) in [5.74, 6) is -0.783. The Hall–Kier alpha value is -3.39. The molecule has 0 aromatic heterocycles. The molecule has 2 rings (SSSR count). The molecule has 140 valence electrons. The molecule has 0 bridgehead atoms. The van der Waals surface area contributed by atoms with Gasteiger partial charge in [-0.05, 0) is 35.9 Å². The van der Waals surface area contributed by atoms with Gasteiger partial charge in [0.1, 0.15) is 11.4 Å². The van der Waals surface area contributed by atoms with Crippen LogP contribution in [0.3, 0.4) is 0 Å². The molecule has 0 aliphatic carbocycles. The number of nitrogens with one attached hydrogen (secondary N) is 1. The Kier molecular flexibility index (Phi) is 6.90. The Morgan fingerprint density at radius 1 is 1.22 bits per heavy atom. The van der Waals surface area contributed by atoms with Crippen LogP contribution >= 0.6 is 11.6 Å². The second kappa shape index (κ2) is 9.35. The van der Waals surface area contributed by atoms with Gasteiger partial charge >= 0.3 is 5.97 Å². The lowest BCUT2D eigenvalue weighted by Crippen LogP contribution is -2.20. The van der Waals surface area contributed by atoms with Crippen molar-refractivity contribution in [2.24, 2.45) is 0 Å². The zero-order valence-electron chi connectivity index (χ0n) is 14.2. The zero-order chi connectivity index (χ0) is 19.8. The Morgan fingerprint density at radius 2 is 1.93 bits per heavy atom. The third-order valence-electron chi connectivity index (χ3n) is 3.30. The highest BCUT2D eigenvalue weighted by molar-refractivity contribution is 6.31. The van der Waals surface area contributed by atoms with Crippen LogP contribution in [0.15, 0.2) is 48.5 Å². The van der Waals surface area contributed by atoms with E-state index in [0.717, 1.165) is 11.6 Å². The molecule has 0 spiro atoms. The minimum absolute atomic E-state index is 0.0812. The third kappa shape index (κ3) is 6.12. The molecule has 0 aliphatic heterocycles. The van der Waals surface area contributed by atoms with Crippen molar-refractivity contribution < 1.29 is 24.0 Å². The van der Waals surface area contributed by atoms with Gasteiger partial charge in [-0.1, -0.05) is 23.7 Å². The molecule has 0 saturated carbocycles. The number of hydrogen-bond donors (Lipinski definition) is 1. The lowest BCUT2D eigenvalue weighted by Gasteiger charge is -2.06. The summed E-state index contributed by atoms with van der Waals surface area (Å²) in [5.41, 5.74) is 0.340. The fraction of sp³-hybridized carbons (Fsp3) is 0.111. The average molecular weight is 391 g/mol. The number of esters is 1. The van der Waals surface area contributed by atoms with Gasteiger partial charge in [-0.15, -0.1) is 0 Å². The number of rotatable bonds is 7. The predicted octanol–water partition coefficient (Wildman–Crippen LogP) is 3.45. The minimum atomic E-state index is -0.735. The summed E-state index contributed by atoms with van der Waals surface area (Å²) in [6.07, 6.45) is 2.68. The molecule has 0 unspecified atom stereocenters. The summed E-state index contributed by atoms with van der Waals surface area (Å²) in [4.78, 5) is 33.8. The number of ether oxygens (including phenoxy) is 2. The molecule has 0 radical (unpaired) electrons. The van der Waals surface area contributed by atoms with E-state index in [1.807, 2.05) is 0 Å². The maximum atomic E-state index is 11.9. The molecule has 1 N–H and O–H groups in total. The Morgan fingerprint density at radius 3 is 2.56 bits per heavy atom. The number of anilines is 1. The van der Waals surface area contributed by atoms with Crippen LogP contribution in [0, 0.1) is 10.1 Å². The fourth-order valence-corrected chi connectivity index (χ4v) is 2.19. The molecule has 0 saturated heterocycles. The van der Waals surface area contributed by atoms with E-state index in [4.69, 9.17) is 21.1 Å². The number of hydrogen-bond acceptors (Lipinski definition) is 6. The van der Waals surface area contributed by atoms with E-state index in [1.165, 1.54) is 24.3 Å². The molecule has 1 amide bonds. The average Bonchev–Trinajstić information content (AvgIpc) is 2.65. The standard InChI is InChI=1S/C18H15ClN2O6/c1-26-14-6-2-12(3-7-14)4-9-18(23)27-11-17(22)20-15-10-13(19)5-8-16(15)21(24)25/h2-10H,11H2,1H3,(H,20,22)/b9-4+. The Labute approximate surface area is 159 Å². The Bertz CT molecular complexity index is 880. The van der Waals surface area contributed by atoms with Gasteiger partial charge in [0.05, 0.1) is 12.0 Å². The van der Waals surface area contributed by atoms with E-state index in [-0.39, 0.29) is 16.4 Å². The molecular weight excluding hydrogens is 376 g/mol. The highest BCUT2D eigenvalue weighted by Crippen LogP contribution is 2.27. The lowest BCUT2D eigenvalue weighted by atomic mass is 10.2. The highest BCUT2D eigenvalue weighted by Gasteiger charge is 2.16. The first kappa shape index (κ1) is 19.9. The van der Waals surface area contributed by atoms with E-state index in [9.17, 15) is 19.7 Å². The van der Waals surface area contributed by atoms with E-state index < -0.39 is 23.4 Å². The van der Waals surface area contributed by atoms with Crippen molar-refractivity contribution in [1.82, 2.24) is 0 Å². The van der Waals surface area contributed by atoms with E-state index in [1.54, 1.807) is 31.4 Å². The van der Waals surface area contributed by atoms with Gasteiger partial charge in [0.25, 0.3) is 11.6 Å². The van der Waals surface area contributed by atoms with Crippen molar-refractivity contribution in [3.05, 3.63) is 69.2 Å². The van der Waals surface area contributed by atoms with Gasteiger partial charge in [-0.2, -0.15) is 0 Å². The molecule has 2 aromatic carbocycles. The summed E-state index contributed by atoms with van der Waals surface area (Å²) >= 11 is 5.77. The number of halogens is 1. The van der Waals surface area contributed by atoms with Crippen LogP contribution in [0.1, 0.15) is 5.56 Å². The first-order valence-electron chi connectivity index (χ1n) is 7.61. The first-order chi connectivity index (χ1) is 12.9. The van der Waals surface area contributed by atoms with Gasteiger partial charge in [0.2, 0.25) is 0 Å². The molecule has 0 atom stereocenters. The number of carbonyl (C=O) groups excluding carboxylic acids is 2. The fourth-order valence-electron chi connectivity index (χ4n) is 2.02. The quantitative estimate of drug-likeness (QED) is 0.336. The summed E-state index contributed by atoms with van der Waals surface area (Å²) in [6, 6.07) is 10.7. The predicted molar refractivity (Wildman–Crippen MR) is 99.7 cm³/mol. The smallest absolute Gasteiger partial charge is 0.331 e. The molecule has 2 aromatic rings. The number of nitro benzene ring substituents is 1. The molecule has 0 heterocycles. The maximum absolute atomic E-state index is 11.9. The van der Waals surface area contributed by atoms with Gasteiger partial charge in [-0.3, -0.25) is 14.9 Å². The first-order valence-corrected chi connectivity index (χ1v) is 7.99. The van der Waals surface area contributed by atoms with Crippen LogP contribution in [0.2, 0.25) is 5.02 Å². The Balaban J connectivity index is 1.89. The van der Waals surface area contributed by atoms with Crippen LogP contribution in [0.25, 0.3) is 6.08 Å². The summed E-state index contributed by atoms with van der Waals surface area (Å²) in [5, 5.41) is 13.5. The van der Waals surface area contributed by atoms with Gasteiger partial charge < -0.3 is 14.8 Å². The summed E-state index contributed by atoms with van der Waals surface area (Å²) in [6.45, 7) is -0.602. The van der Waals surface area contributed by atoms with E-state index in [2.05, 4.69) is 5.32 Å². The second-order valence-corrected chi connectivity index (χ2v) is 5.62. The normalized spacial score (nSPS) is 10.4. The number of amides is 1. The van der Waals surface area contributed by atoms with Crippen LogP contribution in [0.5, 0.6) is 5.75 Å². The number of nitro groups is 1. The van der Waals surface area contributed by atoms with Crippen LogP contribution < -0.4 is 10.1 Å². The van der Waals surface area contributed by atoms with Crippen molar-refractivity contribution in [2.75, 3.05) is 19.0 Å². The van der Waals surface area contributed by atoms with Crippen molar-refractivity contribution in [3.63, 3.8) is 0 Å². The molecule has 8 nitrogen and oxygen atoms in total. The number of methoxy groups -OCH3 is 1. The molecule has 27 heavy (non-hydrogen) atoms. The van der Waals surface area contributed by atoms with E-state index >= 15 is 0 Å². The van der Waals surface area contributed by atoms with Gasteiger partial charge in [0.15, 0.2) is 6.61 Å². The largest absolute Gasteiger partial charge is 0.497 e. The number of nitrogens with zero attached hydrogens (tertiary/aromatic N) is 1. The summed E-state index contributed by atoms with van der Waals surface area (Å²) < 4.78 is 9.84. The van der Waals surface area contributed by atoms with Crippen molar-refractivity contribution in [2.45, 2.75) is 0 Å². The van der Waals surface area contributed by atoms with Crippen LogP contribution in [0.4, 0.5) is 11.4 Å². The van der Waals surface area contributed by atoms with Crippen molar-refractivity contribution in [3.8, 4) is 5.75 Å². The van der Waals surface area contributed by atoms with Crippen LogP contribution in [-0.2, 0) is 14.3 Å². The maximum Gasteiger partial charge on any atom is 0.331 e. The second-order valence-electron chi connectivity index (χ2n) is 5.18. The molecule has 0 fully saturated rings. The molecular formula is C18H15ClN2O6. The summed E-state index contributed by atoms with van der Waals surface area (Å²) in [7, 11) is 1.55. The SMILES string of the molecule is COc1ccc(/C=C/C(=O)OCC(=O)Nc2cc(Cl)ccc2[N+](=O)[O-])cc1.